The molecule has 1 saturated carbocycles. The summed E-state index contributed by atoms with van der Waals surface area (Å²) in [4.78, 5) is 0. The van der Waals surface area contributed by atoms with E-state index in [0.717, 1.165) is 29.8 Å². The van der Waals surface area contributed by atoms with Crippen molar-refractivity contribution in [2.24, 2.45) is 0 Å². The van der Waals surface area contributed by atoms with E-state index in [1.165, 1.54) is 18.4 Å². The molecule has 3 nitrogen and oxygen atoms in total. The van der Waals surface area contributed by atoms with Crippen molar-refractivity contribution in [2.45, 2.75) is 25.4 Å². The molecule has 0 spiro atoms. The Morgan fingerprint density at radius 3 is 2.00 bits per heavy atom. The number of methoxy groups -OCH3 is 1. The summed E-state index contributed by atoms with van der Waals surface area (Å²) in [6, 6.07) is 16.6. The van der Waals surface area contributed by atoms with Crippen molar-refractivity contribution in [1.82, 2.24) is 5.32 Å². The Labute approximate surface area is 119 Å². The van der Waals surface area contributed by atoms with Crippen LogP contribution < -0.4 is 14.8 Å². The fourth-order valence-corrected chi connectivity index (χ4v) is 2.00. The third kappa shape index (κ3) is 3.52. The molecule has 2 aromatic rings. The summed E-state index contributed by atoms with van der Waals surface area (Å²) in [6.07, 6.45) is 2.64. The maximum Gasteiger partial charge on any atom is 0.127 e. The molecule has 0 unspecified atom stereocenters. The highest BCUT2D eigenvalue weighted by Crippen LogP contribution is 2.24. The number of nitrogens with one attached hydrogen (secondary N) is 1. The zero-order valence-corrected chi connectivity index (χ0v) is 11.6. The van der Waals surface area contributed by atoms with Gasteiger partial charge < -0.3 is 14.8 Å². The van der Waals surface area contributed by atoms with E-state index in [0.29, 0.717) is 0 Å². The molecular formula is C17H19NO2. The van der Waals surface area contributed by atoms with Crippen LogP contribution in [0.5, 0.6) is 17.2 Å². The van der Waals surface area contributed by atoms with Crippen LogP contribution in [-0.2, 0) is 6.54 Å². The van der Waals surface area contributed by atoms with E-state index in [1.807, 2.05) is 36.4 Å². The van der Waals surface area contributed by atoms with Crippen molar-refractivity contribution in [1.29, 1.82) is 0 Å². The Hall–Kier alpha value is -2.00. The maximum absolute atomic E-state index is 5.79. The minimum absolute atomic E-state index is 0.741. The molecule has 0 atom stereocenters. The highest BCUT2D eigenvalue weighted by Gasteiger charge is 2.19. The minimum atomic E-state index is 0.741. The second-order valence-corrected chi connectivity index (χ2v) is 5.08. The first-order valence-electron chi connectivity index (χ1n) is 6.98. The smallest absolute Gasteiger partial charge is 0.127 e. The van der Waals surface area contributed by atoms with Crippen LogP contribution in [0.4, 0.5) is 0 Å². The monoisotopic (exact) mass is 269 g/mol. The lowest BCUT2D eigenvalue weighted by Crippen LogP contribution is -2.14. The molecule has 3 heteroatoms. The number of benzene rings is 2. The summed E-state index contributed by atoms with van der Waals surface area (Å²) >= 11 is 0. The van der Waals surface area contributed by atoms with E-state index in [-0.39, 0.29) is 0 Å². The van der Waals surface area contributed by atoms with Crippen molar-refractivity contribution >= 4 is 0 Å². The van der Waals surface area contributed by atoms with Crippen LogP contribution in [0.1, 0.15) is 18.4 Å². The Kier molecular flexibility index (Phi) is 3.88. The van der Waals surface area contributed by atoms with Crippen molar-refractivity contribution < 1.29 is 9.47 Å². The summed E-state index contributed by atoms with van der Waals surface area (Å²) in [5.74, 6) is 2.50. The van der Waals surface area contributed by atoms with Gasteiger partial charge in [-0.15, -0.1) is 0 Å². The lowest BCUT2D eigenvalue weighted by Gasteiger charge is -2.08. The summed E-state index contributed by atoms with van der Waals surface area (Å²) in [7, 11) is 1.66. The second-order valence-electron chi connectivity index (χ2n) is 5.08. The van der Waals surface area contributed by atoms with Gasteiger partial charge in [0.05, 0.1) is 7.11 Å². The van der Waals surface area contributed by atoms with Crippen LogP contribution in [0, 0.1) is 0 Å². The molecule has 1 N–H and O–H groups in total. The molecule has 20 heavy (non-hydrogen) atoms. The van der Waals surface area contributed by atoms with E-state index < -0.39 is 0 Å². The van der Waals surface area contributed by atoms with Crippen molar-refractivity contribution in [3.05, 3.63) is 54.1 Å². The van der Waals surface area contributed by atoms with Crippen LogP contribution in [0.25, 0.3) is 0 Å². The van der Waals surface area contributed by atoms with Gasteiger partial charge >= 0.3 is 0 Å². The number of ether oxygens (including phenoxy) is 2. The SMILES string of the molecule is COc1ccc(Oc2ccc(CNC3CC3)cc2)cc1. The molecule has 0 bridgehead atoms. The lowest BCUT2D eigenvalue weighted by atomic mass is 10.2. The van der Waals surface area contributed by atoms with Crippen LogP contribution >= 0.6 is 0 Å². The van der Waals surface area contributed by atoms with Crippen LogP contribution in [0.15, 0.2) is 48.5 Å². The molecule has 0 aliphatic heterocycles. The number of hydrogen-bond acceptors (Lipinski definition) is 3. The zero-order chi connectivity index (χ0) is 13.8. The standard InChI is InChI=1S/C17H19NO2/c1-19-15-8-10-17(11-9-15)20-16-6-2-13(3-7-16)12-18-14-4-5-14/h2-3,6-11,14,18H,4-5,12H2,1H3. The van der Waals surface area contributed by atoms with Crippen molar-refractivity contribution in [3.63, 3.8) is 0 Å². The minimum Gasteiger partial charge on any atom is -0.497 e. The number of rotatable bonds is 6. The van der Waals surface area contributed by atoms with Gasteiger partial charge in [0.25, 0.3) is 0 Å². The van der Waals surface area contributed by atoms with Crippen LogP contribution in [0.3, 0.4) is 0 Å². The molecule has 1 aliphatic carbocycles. The molecule has 0 radical (unpaired) electrons. The first-order chi connectivity index (χ1) is 9.83. The highest BCUT2D eigenvalue weighted by molar-refractivity contribution is 5.36. The van der Waals surface area contributed by atoms with E-state index in [1.54, 1.807) is 7.11 Å². The quantitative estimate of drug-likeness (QED) is 0.866. The summed E-state index contributed by atoms with van der Waals surface area (Å²) in [6.45, 7) is 0.938. The van der Waals surface area contributed by atoms with Gasteiger partial charge in [-0.3, -0.25) is 0 Å². The van der Waals surface area contributed by atoms with E-state index in [9.17, 15) is 0 Å². The van der Waals surface area contributed by atoms with Gasteiger partial charge in [0.1, 0.15) is 17.2 Å². The average Bonchev–Trinajstić information content (AvgIpc) is 3.32. The third-order valence-electron chi connectivity index (χ3n) is 3.39. The van der Waals surface area contributed by atoms with Gasteiger partial charge in [-0.1, -0.05) is 12.1 Å². The summed E-state index contributed by atoms with van der Waals surface area (Å²) < 4.78 is 10.9. The van der Waals surface area contributed by atoms with Gasteiger partial charge in [0.15, 0.2) is 0 Å². The van der Waals surface area contributed by atoms with Crippen molar-refractivity contribution in [2.75, 3.05) is 7.11 Å². The summed E-state index contributed by atoms with van der Waals surface area (Å²) in [5.41, 5.74) is 1.29. The Bertz CT molecular complexity index is 544. The summed E-state index contributed by atoms with van der Waals surface area (Å²) in [5, 5.41) is 3.50. The number of hydrogen-bond donors (Lipinski definition) is 1. The molecule has 0 amide bonds. The van der Waals surface area contributed by atoms with E-state index in [4.69, 9.17) is 9.47 Å². The fraction of sp³-hybridized carbons (Fsp3) is 0.294. The van der Waals surface area contributed by atoms with Gasteiger partial charge in [-0.05, 0) is 54.8 Å². The van der Waals surface area contributed by atoms with Gasteiger partial charge in [0, 0.05) is 12.6 Å². The van der Waals surface area contributed by atoms with Crippen molar-refractivity contribution in [3.8, 4) is 17.2 Å². The molecule has 1 aliphatic rings. The molecule has 3 rings (SSSR count). The Morgan fingerprint density at radius 1 is 0.900 bits per heavy atom. The molecule has 0 saturated heterocycles. The third-order valence-corrected chi connectivity index (χ3v) is 3.39. The highest BCUT2D eigenvalue weighted by atomic mass is 16.5. The topological polar surface area (TPSA) is 30.5 Å². The lowest BCUT2D eigenvalue weighted by molar-refractivity contribution is 0.413. The fourth-order valence-electron chi connectivity index (χ4n) is 2.00. The predicted molar refractivity (Wildman–Crippen MR) is 79.4 cm³/mol. The Balaban J connectivity index is 1.58. The van der Waals surface area contributed by atoms with E-state index in [2.05, 4.69) is 17.4 Å². The molecule has 0 aromatic heterocycles. The van der Waals surface area contributed by atoms with Gasteiger partial charge in [-0.2, -0.15) is 0 Å². The molecule has 104 valence electrons. The van der Waals surface area contributed by atoms with Gasteiger partial charge in [-0.25, -0.2) is 0 Å². The largest absolute Gasteiger partial charge is 0.497 e. The normalized spacial score (nSPS) is 14.1. The van der Waals surface area contributed by atoms with Crippen LogP contribution in [-0.4, -0.2) is 13.2 Å². The molecular weight excluding hydrogens is 250 g/mol. The Morgan fingerprint density at radius 2 is 1.45 bits per heavy atom. The molecule has 2 aromatic carbocycles. The molecule has 0 heterocycles. The predicted octanol–water partition coefficient (Wildman–Crippen LogP) is 3.74. The van der Waals surface area contributed by atoms with Crippen LogP contribution in [0.2, 0.25) is 0 Å². The van der Waals surface area contributed by atoms with E-state index >= 15 is 0 Å². The second kappa shape index (κ2) is 5.97. The first kappa shape index (κ1) is 13.0. The maximum atomic E-state index is 5.79. The molecule has 1 fully saturated rings. The van der Waals surface area contributed by atoms with Gasteiger partial charge in [0.2, 0.25) is 0 Å². The average molecular weight is 269 g/mol. The first-order valence-corrected chi connectivity index (χ1v) is 6.98. The zero-order valence-electron chi connectivity index (χ0n) is 11.6.